The Kier molecular flexibility index (Phi) is 5.12. The SMILES string of the molecule is Cc1ccc(CCNC(=O)[C@H]2CCN(c3ccc(F)cc3)C2=O)cc1. The third-order valence-electron chi connectivity index (χ3n) is 4.49. The first-order chi connectivity index (χ1) is 12.0. The Balaban J connectivity index is 1.53. The smallest absolute Gasteiger partial charge is 0.239 e. The lowest BCUT2D eigenvalue weighted by Crippen LogP contribution is -2.37. The summed E-state index contributed by atoms with van der Waals surface area (Å²) in [6, 6.07) is 13.9. The maximum Gasteiger partial charge on any atom is 0.239 e. The predicted octanol–water partition coefficient (Wildman–Crippen LogP) is 2.85. The lowest BCUT2D eigenvalue weighted by molar-refractivity contribution is -0.132. The van der Waals surface area contributed by atoms with E-state index in [0.717, 1.165) is 12.0 Å². The lowest BCUT2D eigenvalue weighted by Gasteiger charge is -2.16. The zero-order valence-corrected chi connectivity index (χ0v) is 14.2. The van der Waals surface area contributed by atoms with Gasteiger partial charge in [-0.15, -0.1) is 0 Å². The summed E-state index contributed by atoms with van der Waals surface area (Å²) in [7, 11) is 0. The van der Waals surface area contributed by atoms with Gasteiger partial charge in [0.15, 0.2) is 0 Å². The van der Waals surface area contributed by atoms with Gasteiger partial charge in [-0.3, -0.25) is 9.59 Å². The van der Waals surface area contributed by atoms with Gasteiger partial charge in [0.05, 0.1) is 0 Å². The van der Waals surface area contributed by atoms with E-state index in [1.54, 1.807) is 17.0 Å². The normalized spacial score (nSPS) is 17.0. The zero-order valence-electron chi connectivity index (χ0n) is 14.2. The molecule has 2 aromatic rings. The molecule has 1 saturated heterocycles. The van der Waals surface area contributed by atoms with Gasteiger partial charge in [0, 0.05) is 18.8 Å². The number of anilines is 1. The highest BCUT2D eigenvalue weighted by atomic mass is 19.1. The van der Waals surface area contributed by atoms with Crippen molar-refractivity contribution in [1.29, 1.82) is 0 Å². The van der Waals surface area contributed by atoms with Crippen LogP contribution in [0.15, 0.2) is 48.5 Å². The van der Waals surface area contributed by atoms with E-state index in [9.17, 15) is 14.0 Å². The molecule has 0 aromatic heterocycles. The van der Waals surface area contributed by atoms with Crippen molar-refractivity contribution in [3.63, 3.8) is 0 Å². The molecule has 1 aliphatic heterocycles. The van der Waals surface area contributed by atoms with E-state index >= 15 is 0 Å². The molecule has 2 amide bonds. The van der Waals surface area contributed by atoms with E-state index in [1.807, 2.05) is 31.2 Å². The quantitative estimate of drug-likeness (QED) is 0.851. The summed E-state index contributed by atoms with van der Waals surface area (Å²) >= 11 is 0. The van der Waals surface area contributed by atoms with E-state index in [4.69, 9.17) is 0 Å². The van der Waals surface area contributed by atoms with Crippen LogP contribution in [0.5, 0.6) is 0 Å². The summed E-state index contributed by atoms with van der Waals surface area (Å²) in [6.07, 6.45) is 1.21. The lowest BCUT2D eigenvalue weighted by atomic mass is 10.1. The van der Waals surface area contributed by atoms with Crippen molar-refractivity contribution < 1.29 is 14.0 Å². The number of aryl methyl sites for hydroxylation is 1. The van der Waals surface area contributed by atoms with Crippen LogP contribution >= 0.6 is 0 Å². The average molecular weight is 340 g/mol. The minimum atomic E-state index is -0.664. The molecule has 130 valence electrons. The van der Waals surface area contributed by atoms with Crippen molar-refractivity contribution in [2.45, 2.75) is 19.8 Å². The molecule has 5 heteroatoms. The average Bonchev–Trinajstić information content (AvgIpc) is 2.99. The van der Waals surface area contributed by atoms with Gasteiger partial charge in [-0.1, -0.05) is 29.8 Å². The summed E-state index contributed by atoms with van der Waals surface area (Å²) in [5.41, 5.74) is 2.98. The van der Waals surface area contributed by atoms with Gasteiger partial charge >= 0.3 is 0 Å². The van der Waals surface area contributed by atoms with Crippen LogP contribution in [-0.4, -0.2) is 24.9 Å². The molecular weight excluding hydrogens is 319 g/mol. The second kappa shape index (κ2) is 7.47. The van der Waals surface area contributed by atoms with E-state index in [0.29, 0.717) is 25.2 Å². The fraction of sp³-hybridized carbons (Fsp3) is 0.300. The highest BCUT2D eigenvalue weighted by Crippen LogP contribution is 2.25. The molecule has 0 bridgehead atoms. The first-order valence-electron chi connectivity index (χ1n) is 8.45. The number of carbonyl (C=O) groups excluding carboxylic acids is 2. The summed E-state index contributed by atoms with van der Waals surface area (Å²) in [5.74, 6) is -1.47. The minimum Gasteiger partial charge on any atom is -0.355 e. The molecule has 3 rings (SSSR count). The first kappa shape index (κ1) is 17.1. The maximum absolute atomic E-state index is 13.0. The highest BCUT2D eigenvalue weighted by Gasteiger charge is 2.37. The molecule has 0 saturated carbocycles. The van der Waals surface area contributed by atoms with Gasteiger partial charge in [-0.2, -0.15) is 0 Å². The number of hydrogen-bond donors (Lipinski definition) is 1. The molecule has 0 aliphatic carbocycles. The number of hydrogen-bond acceptors (Lipinski definition) is 2. The Morgan fingerprint density at radius 1 is 1.16 bits per heavy atom. The van der Waals surface area contributed by atoms with E-state index in [2.05, 4.69) is 5.32 Å². The van der Waals surface area contributed by atoms with Crippen LogP contribution in [0.1, 0.15) is 17.5 Å². The number of halogens is 1. The molecule has 1 heterocycles. The summed E-state index contributed by atoms with van der Waals surface area (Å²) < 4.78 is 13.0. The predicted molar refractivity (Wildman–Crippen MR) is 94.8 cm³/mol. The van der Waals surface area contributed by atoms with Crippen molar-refractivity contribution in [3.05, 3.63) is 65.5 Å². The topological polar surface area (TPSA) is 49.4 Å². The van der Waals surface area contributed by atoms with Gasteiger partial charge in [0.1, 0.15) is 11.7 Å². The molecule has 1 N–H and O–H groups in total. The maximum atomic E-state index is 13.0. The van der Waals surface area contributed by atoms with Crippen LogP contribution in [0.4, 0.5) is 10.1 Å². The molecule has 25 heavy (non-hydrogen) atoms. The Bertz CT molecular complexity index is 756. The molecule has 2 aromatic carbocycles. The number of carbonyl (C=O) groups is 2. The van der Waals surface area contributed by atoms with Crippen LogP contribution in [0.3, 0.4) is 0 Å². The first-order valence-corrected chi connectivity index (χ1v) is 8.45. The molecule has 0 radical (unpaired) electrons. The Morgan fingerprint density at radius 2 is 1.84 bits per heavy atom. The Morgan fingerprint density at radius 3 is 2.52 bits per heavy atom. The van der Waals surface area contributed by atoms with Gasteiger partial charge in [0.2, 0.25) is 11.8 Å². The molecule has 0 unspecified atom stereocenters. The Hall–Kier alpha value is -2.69. The largest absolute Gasteiger partial charge is 0.355 e. The van der Waals surface area contributed by atoms with Crippen molar-refractivity contribution in [1.82, 2.24) is 5.32 Å². The van der Waals surface area contributed by atoms with Crippen LogP contribution in [0, 0.1) is 18.7 Å². The highest BCUT2D eigenvalue weighted by molar-refractivity contribution is 6.09. The summed E-state index contributed by atoms with van der Waals surface area (Å²) in [6.45, 7) is 3.01. The van der Waals surface area contributed by atoms with E-state index in [1.165, 1.54) is 17.7 Å². The number of nitrogens with one attached hydrogen (secondary N) is 1. The van der Waals surface area contributed by atoms with Crippen molar-refractivity contribution >= 4 is 17.5 Å². The summed E-state index contributed by atoms with van der Waals surface area (Å²) in [5, 5.41) is 2.85. The number of nitrogens with zero attached hydrogens (tertiary/aromatic N) is 1. The molecule has 0 spiro atoms. The van der Waals surface area contributed by atoms with Gasteiger partial charge in [0.25, 0.3) is 0 Å². The van der Waals surface area contributed by atoms with Gasteiger partial charge < -0.3 is 10.2 Å². The van der Waals surface area contributed by atoms with Crippen LogP contribution < -0.4 is 10.2 Å². The number of rotatable bonds is 5. The number of amides is 2. The minimum absolute atomic E-state index is 0.223. The van der Waals surface area contributed by atoms with E-state index < -0.39 is 5.92 Å². The fourth-order valence-corrected chi connectivity index (χ4v) is 3.01. The number of benzene rings is 2. The molecular formula is C20H21FN2O2. The molecule has 1 atom stereocenters. The van der Waals surface area contributed by atoms with Crippen molar-refractivity contribution in [2.24, 2.45) is 5.92 Å². The third kappa shape index (κ3) is 4.05. The second-order valence-electron chi connectivity index (χ2n) is 6.33. The molecule has 1 aliphatic rings. The summed E-state index contributed by atoms with van der Waals surface area (Å²) in [4.78, 5) is 26.3. The van der Waals surface area contributed by atoms with Crippen LogP contribution in [0.25, 0.3) is 0 Å². The second-order valence-corrected chi connectivity index (χ2v) is 6.33. The molecule has 1 fully saturated rings. The zero-order chi connectivity index (χ0) is 17.8. The Labute approximate surface area is 146 Å². The standard InChI is InChI=1S/C20H21FN2O2/c1-14-2-4-15(5-3-14)10-12-22-19(24)18-11-13-23(20(18)25)17-8-6-16(21)7-9-17/h2-9,18H,10-13H2,1H3,(H,22,24)/t18-/m1/s1. The van der Waals surface area contributed by atoms with E-state index in [-0.39, 0.29) is 17.6 Å². The fourth-order valence-electron chi connectivity index (χ4n) is 3.01. The van der Waals surface area contributed by atoms with Gasteiger partial charge in [-0.25, -0.2) is 4.39 Å². The third-order valence-corrected chi connectivity index (χ3v) is 4.49. The monoisotopic (exact) mass is 340 g/mol. The van der Waals surface area contributed by atoms with Crippen LogP contribution in [0.2, 0.25) is 0 Å². The van der Waals surface area contributed by atoms with Gasteiger partial charge in [-0.05, 0) is 49.6 Å². The molecule has 4 nitrogen and oxygen atoms in total. The van der Waals surface area contributed by atoms with Crippen LogP contribution in [-0.2, 0) is 16.0 Å². The van der Waals surface area contributed by atoms with Crippen molar-refractivity contribution in [2.75, 3.05) is 18.0 Å². The van der Waals surface area contributed by atoms with Crippen molar-refractivity contribution in [3.8, 4) is 0 Å².